The molecular weight excluding hydrogens is 320 g/mol. The van der Waals surface area contributed by atoms with Gasteiger partial charge in [-0.25, -0.2) is 4.79 Å². The number of nitrogens with one attached hydrogen (secondary N) is 1. The van der Waals surface area contributed by atoms with Crippen LogP contribution in [0.4, 0.5) is 5.88 Å². The van der Waals surface area contributed by atoms with E-state index in [1.54, 1.807) is 24.3 Å². The van der Waals surface area contributed by atoms with E-state index in [-0.39, 0.29) is 17.6 Å². The summed E-state index contributed by atoms with van der Waals surface area (Å²) in [5, 5.41) is 7.64. The molecule has 0 radical (unpaired) electrons. The fraction of sp³-hybridized carbons (Fsp3) is 0.375. The summed E-state index contributed by atoms with van der Waals surface area (Å²) >= 11 is 6.01. The minimum Gasteiger partial charge on any atom is -0.465 e. The topological polar surface area (TPSA) is 73.6 Å². The first kappa shape index (κ1) is 15.8. The van der Waals surface area contributed by atoms with Crippen molar-refractivity contribution >= 4 is 23.5 Å². The average molecular weight is 337 g/mol. The van der Waals surface area contributed by atoms with Crippen LogP contribution < -0.4 is 5.32 Å². The highest BCUT2D eigenvalue weighted by Gasteiger charge is 2.26. The third-order valence-electron chi connectivity index (χ3n) is 3.69. The molecule has 2 aromatic rings. The molecule has 1 unspecified atom stereocenters. The van der Waals surface area contributed by atoms with Gasteiger partial charge in [-0.1, -0.05) is 28.9 Å². The van der Waals surface area contributed by atoms with E-state index >= 15 is 0 Å². The predicted octanol–water partition coefficient (Wildman–Crippen LogP) is 3.37. The molecule has 23 heavy (non-hydrogen) atoms. The van der Waals surface area contributed by atoms with E-state index < -0.39 is 5.97 Å². The zero-order valence-corrected chi connectivity index (χ0v) is 13.4. The molecule has 1 aliphatic heterocycles. The molecule has 122 valence electrons. The van der Waals surface area contributed by atoms with Crippen molar-refractivity contribution in [1.82, 2.24) is 5.16 Å². The largest absolute Gasteiger partial charge is 0.465 e. The normalized spacial score (nSPS) is 17.2. The summed E-state index contributed by atoms with van der Waals surface area (Å²) in [6.45, 7) is 1.31. The van der Waals surface area contributed by atoms with Gasteiger partial charge >= 0.3 is 5.97 Å². The molecule has 0 bridgehead atoms. The van der Waals surface area contributed by atoms with Gasteiger partial charge in [0, 0.05) is 23.7 Å². The summed E-state index contributed by atoms with van der Waals surface area (Å²) < 4.78 is 15.7. The maximum atomic E-state index is 12.1. The molecule has 2 heterocycles. The van der Waals surface area contributed by atoms with E-state index in [1.807, 2.05) is 0 Å². The lowest BCUT2D eigenvalue weighted by molar-refractivity contribution is 0.0601. The number of hydrogen-bond donors (Lipinski definition) is 1. The van der Waals surface area contributed by atoms with Crippen LogP contribution in [0.3, 0.4) is 0 Å². The summed E-state index contributed by atoms with van der Waals surface area (Å²) in [5.74, 6) is -0.238. The lowest BCUT2D eigenvalue weighted by Crippen LogP contribution is -2.19. The predicted molar refractivity (Wildman–Crippen MR) is 85.8 cm³/mol. The number of nitrogens with zero attached hydrogens (tertiary/aromatic N) is 1. The van der Waals surface area contributed by atoms with Gasteiger partial charge in [0.2, 0.25) is 5.88 Å². The van der Waals surface area contributed by atoms with Crippen molar-refractivity contribution in [1.29, 1.82) is 0 Å². The third kappa shape index (κ3) is 3.48. The number of ether oxygens (including phenoxy) is 2. The van der Waals surface area contributed by atoms with E-state index in [9.17, 15) is 4.79 Å². The highest BCUT2D eigenvalue weighted by Crippen LogP contribution is 2.31. The van der Waals surface area contributed by atoms with Crippen LogP contribution in [-0.2, 0) is 9.47 Å². The van der Waals surface area contributed by atoms with Crippen LogP contribution in [0.25, 0.3) is 11.3 Å². The van der Waals surface area contributed by atoms with Crippen molar-refractivity contribution in [3.63, 3.8) is 0 Å². The maximum Gasteiger partial charge on any atom is 0.345 e. The number of esters is 1. The zero-order valence-electron chi connectivity index (χ0n) is 12.7. The fourth-order valence-corrected chi connectivity index (χ4v) is 2.74. The first-order valence-corrected chi connectivity index (χ1v) is 7.76. The first-order chi connectivity index (χ1) is 11.2. The van der Waals surface area contributed by atoms with E-state index in [1.165, 1.54) is 7.11 Å². The van der Waals surface area contributed by atoms with Gasteiger partial charge in [0.05, 0.1) is 13.2 Å². The number of aromatic nitrogens is 1. The average Bonchev–Trinajstić information content (AvgIpc) is 3.21. The van der Waals surface area contributed by atoms with Crippen LogP contribution in [0.1, 0.15) is 23.2 Å². The number of benzene rings is 1. The van der Waals surface area contributed by atoms with Crippen molar-refractivity contribution in [2.45, 2.75) is 18.9 Å². The highest BCUT2D eigenvalue weighted by molar-refractivity contribution is 6.30. The van der Waals surface area contributed by atoms with Crippen LogP contribution in [-0.4, -0.2) is 37.5 Å². The molecule has 1 aliphatic rings. The monoisotopic (exact) mass is 336 g/mol. The molecule has 1 N–H and O–H groups in total. The number of carbonyl (C=O) groups is 1. The Bertz CT molecular complexity index is 695. The number of carbonyl (C=O) groups excluding carboxylic acids is 1. The summed E-state index contributed by atoms with van der Waals surface area (Å²) in [6, 6.07) is 7.06. The van der Waals surface area contributed by atoms with Gasteiger partial charge in [-0.05, 0) is 25.0 Å². The number of hydrogen-bond acceptors (Lipinski definition) is 6. The Morgan fingerprint density at radius 2 is 2.39 bits per heavy atom. The van der Waals surface area contributed by atoms with Gasteiger partial charge in [-0.2, -0.15) is 0 Å². The molecule has 6 nitrogen and oxygen atoms in total. The van der Waals surface area contributed by atoms with Crippen molar-refractivity contribution in [3.8, 4) is 11.3 Å². The SMILES string of the molecule is COC(=O)c1c(-c2cccc(Cl)c2)noc1NCC1CCCO1. The van der Waals surface area contributed by atoms with Crippen molar-refractivity contribution in [2.24, 2.45) is 0 Å². The molecule has 7 heteroatoms. The molecule has 1 saturated heterocycles. The second-order valence-corrected chi connectivity index (χ2v) is 5.69. The molecule has 1 atom stereocenters. The number of methoxy groups -OCH3 is 1. The minimum atomic E-state index is -0.518. The van der Waals surface area contributed by atoms with Crippen molar-refractivity contribution in [2.75, 3.05) is 25.6 Å². The molecule has 1 aromatic heterocycles. The maximum absolute atomic E-state index is 12.1. The molecule has 3 rings (SSSR count). The second-order valence-electron chi connectivity index (χ2n) is 5.25. The van der Waals surface area contributed by atoms with Crippen LogP contribution in [0.2, 0.25) is 5.02 Å². The van der Waals surface area contributed by atoms with Gasteiger partial charge in [-0.3, -0.25) is 0 Å². The van der Waals surface area contributed by atoms with Gasteiger partial charge in [-0.15, -0.1) is 0 Å². The minimum absolute atomic E-state index is 0.111. The van der Waals surface area contributed by atoms with Crippen LogP contribution in [0.15, 0.2) is 28.8 Å². The lowest BCUT2D eigenvalue weighted by atomic mass is 10.1. The Balaban J connectivity index is 1.89. The molecule has 1 aromatic carbocycles. The summed E-state index contributed by atoms with van der Waals surface area (Å²) in [6.07, 6.45) is 2.14. The van der Waals surface area contributed by atoms with E-state index in [0.717, 1.165) is 19.4 Å². The Morgan fingerprint density at radius 1 is 1.52 bits per heavy atom. The molecular formula is C16H17ClN2O4. The summed E-state index contributed by atoms with van der Waals surface area (Å²) in [7, 11) is 1.32. The fourth-order valence-electron chi connectivity index (χ4n) is 2.55. The van der Waals surface area contributed by atoms with E-state index in [2.05, 4.69) is 10.5 Å². The molecule has 0 spiro atoms. The summed E-state index contributed by atoms with van der Waals surface area (Å²) in [5.41, 5.74) is 1.34. The molecule has 0 aliphatic carbocycles. The number of halogens is 1. The summed E-state index contributed by atoms with van der Waals surface area (Å²) in [4.78, 5) is 12.1. The smallest absolute Gasteiger partial charge is 0.345 e. The standard InChI is InChI=1S/C16H17ClN2O4/c1-21-16(20)13-14(10-4-2-5-11(17)8-10)19-23-15(13)18-9-12-6-3-7-22-12/h2,4-5,8,12,18H,3,6-7,9H2,1H3. The quantitative estimate of drug-likeness (QED) is 0.844. The number of anilines is 1. The first-order valence-electron chi connectivity index (χ1n) is 7.38. The van der Waals surface area contributed by atoms with E-state index in [0.29, 0.717) is 22.8 Å². The zero-order chi connectivity index (χ0) is 16.2. The number of rotatable bonds is 5. The lowest BCUT2D eigenvalue weighted by Gasteiger charge is -2.10. The highest BCUT2D eigenvalue weighted by atomic mass is 35.5. The Morgan fingerprint density at radius 3 is 3.09 bits per heavy atom. The molecule has 0 saturated carbocycles. The van der Waals surface area contributed by atoms with Crippen LogP contribution in [0, 0.1) is 0 Å². The Kier molecular flexibility index (Phi) is 4.83. The Labute approximate surface area is 138 Å². The van der Waals surface area contributed by atoms with Gasteiger partial charge in [0.1, 0.15) is 5.69 Å². The van der Waals surface area contributed by atoms with Crippen LogP contribution >= 0.6 is 11.6 Å². The van der Waals surface area contributed by atoms with Gasteiger partial charge in [0.15, 0.2) is 5.56 Å². The molecule has 1 fully saturated rings. The second kappa shape index (κ2) is 7.02. The molecule has 0 amide bonds. The van der Waals surface area contributed by atoms with Crippen LogP contribution in [0.5, 0.6) is 0 Å². The Hall–Kier alpha value is -2.05. The van der Waals surface area contributed by atoms with E-state index in [4.69, 9.17) is 25.6 Å². The van der Waals surface area contributed by atoms with Gasteiger partial charge in [0.25, 0.3) is 0 Å². The van der Waals surface area contributed by atoms with Crippen molar-refractivity contribution < 1.29 is 18.8 Å². The van der Waals surface area contributed by atoms with Crippen molar-refractivity contribution in [3.05, 3.63) is 34.9 Å². The van der Waals surface area contributed by atoms with Gasteiger partial charge < -0.3 is 19.3 Å². The third-order valence-corrected chi connectivity index (χ3v) is 3.93.